The van der Waals surface area contributed by atoms with E-state index < -0.39 is 11.7 Å². The van der Waals surface area contributed by atoms with E-state index in [0.717, 1.165) is 45.2 Å². The van der Waals surface area contributed by atoms with Crippen molar-refractivity contribution in [2.75, 3.05) is 18.5 Å². The number of alkyl halides is 3. The topological polar surface area (TPSA) is 69.4 Å². The molecule has 4 rings (SSSR count). The fraction of sp³-hybridized carbons (Fsp3) is 0.208. The number of halogens is 3. The summed E-state index contributed by atoms with van der Waals surface area (Å²) in [6.45, 7) is 1.81. The molecule has 5 nitrogen and oxygen atoms in total. The number of ether oxygens (including phenoxy) is 2. The highest BCUT2D eigenvalue weighted by Crippen LogP contribution is 2.33. The van der Waals surface area contributed by atoms with Crippen LogP contribution in [0.4, 0.5) is 18.3 Å². The maximum absolute atomic E-state index is 12.7. The van der Waals surface area contributed by atoms with Crippen LogP contribution in [-0.4, -0.2) is 18.1 Å². The van der Waals surface area contributed by atoms with Crippen molar-refractivity contribution in [3.8, 4) is 17.2 Å². The largest absolute Gasteiger partial charge is 0.494 e. The van der Waals surface area contributed by atoms with Gasteiger partial charge in [-0.15, -0.1) is 0 Å². The van der Waals surface area contributed by atoms with Gasteiger partial charge in [-0.25, -0.2) is 4.98 Å². The first kappa shape index (κ1) is 22.9. The number of anilines is 1. The number of nitrogens with zero attached hydrogens (tertiary/aromatic N) is 1. The molecule has 1 aromatic heterocycles. The Balaban J connectivity index is 1.37. The Morgan fingerprint density at radius 3 is 2.30 bits per heavy atom. The summed E-state index contributed by atoms with van der Waals surface area (Å²) in [5.41, 5.74) is 6.66. The molecule has 0 amide bonds. The van der Waals surface area contributed by atoms with Gasteiger partial charge in [0.1, 0.15) is 17.2 Å². The second-order valence-electron chi connectivity index (χ2n) is 7.26. The van der Waals surface area contributed by atoms with E-state index in [0.29, 0.717) is 31.2 Å². The number of hydrogen-bond donors (Lipinski definition) is 2. The van der Waals surface area contributed by atoms with E-state index in [-0.39, 0.29) is 0 Å². The van der Waals surface area contributed by atoms with Crippen LogP contribution in [0.3, 0.4) is 0 Å². The minimum Gasteiger partial charge on any atom is -0.494 e. The van der Waals surface area contributed by atoms with Gasteiger partial charge in [0.2, 0.25) is 0 Å². The van der Waals surface area contributed by atoms with Crippen molar-refractivity contribution in [3.05, 3.63) is 77.9 Å². The fourth-order valence-corrected chi connectivity index (χ4v) is 3.94. The molecular formula is C24H22F3N3O2S. The molecule has 0 bridgehead atoms. The van der Waals surface area contributed by atoms with Crippen LogP contribution in [-0.2, 0) is 12.7 Å². The van der Waals surface area contributed by atoms with Gasteiger partial charge in [0.15, 0.2) is 5.13 Å². The number of aromatic nitrogens is 1. The smallest absolute Gasteiger partial charge is 0.416 e. The Labute approximate surface area is 193 Å². The minimum absolute atomic E-state index is 0.334. The van der Waals surface area contributed by atoms with E-state index >= 15 is 0 Å². The van der Waals surface area contributed by atoms with Gasteiger partial charge in [-0.05, 0) is 67.1 Å². The van der Waals surface area contributed by atoms with Gasteiger partial charge in [0.05, 0.1) is 22.4 Å². The van der Waals surface area contributed by atoms with Crippen LogP contribution in [0.25, 0.3) is 10.2 Å². The van der Waals surface area contributed by atoms with Crippen molar-refractivity contribution in [1.29, 1.82) is 0 Å². The third-order valence-corrected chi connectivity index (χ3v) is 5.74. The minimum atomic E-state index is -4.37. The predicted octanol–water partition coefficient (Wildman–Crippen LogP) is 6.45. The molecule has 9 heteroatoms. The molecule has 1 heterocycles. The lowest BCUT2D eigenvalue weighted by atomic mass is 10.2. The van der Waals surface area contributed by atoms with Crippen LogP contribution in [0, 0.1) is 0 Å². The lowest BCUT2D eigenvalue weighted by Crippen LogP contribution is -2.06. The lowest BCUT2D eigenvalue weighted by Gasteiger charge is -2.08. The highest BCUT2D eigenvalue weighted by molar-refractivity contribution is 7.22. The molecule has 3 aromatic carbocycles. The third-order valence-electron chi connectivity index (χ3n) is 4.76. The summed E-state index contributed by atoms with van der Waals surface area (Å²) in [6.07, 6.45) is -3.55. The number of rotatable bonds is 9. The van der Waals surface area contributed by atoms with Crippen molar-refractivity contribution < 1.29 is 22.6 Å². The second kappa shape index (κ2) is 10.1. The van der Waals surface area contributed by atoms with E-state index in [4.69, 9.17) is 15.2 Å². The first-order valence-electron chi connectivity index (χ1n) is 10.3. The summed E-state index contributed by atoms with van der Waals surface area (Å²) in [5, 5.41) is 4.08. The number of hydrogen-bond acceptors (Lipinski definition) is 6. The van der Waals surface area contributed by atoms with E-state index in [9.17, 15) is 13.2 Å². The lowest BCUT2D eigenvalue weighted by molar-refractivity contribution is -0.137. The molecule has 0 aliphatic heterocycles. The van der Waals surface area contributed by atoms with E-state index in [2.05, 4.69) is 10.3 Å². The van der Waals surface area contributed by atoms with Crippen LogP contribution in [0.15, 0.2) is 66.7 Å². The highest BCUT2D eigenvalue weighted by atomic mass is 32.1. The zero-order valence-electron chi connectivity index (χ0n) is 17.6. The summed E-state index contributed by atoms with van der Waals surface area (Å²) in [5.74, 6) is 1.68. The van der Waals surface area contributed by atoms with Crippen molar-refractivity contribution in [2.45, 2.75) is 19.1 Å². The molecule has 0 spiro atoms. The molecule has 0 unspecified atom stereocenters. The van der Waals surface area contributed by atoms with Gasteiger partial charge in [-0.1, -0.05) is 23.5 Å². The van der Waals surface area contributed by atoms with Gasteiger partial charge < -0.3 is 20.5 Å². The Bertz CT molecular complexity index is 1190. The Hall–Kier alpha value is -3.30. The zero-order valence-corrected chi connectivity index (χ0v) is 18.4. The first-order valence-corrected chi connectivity index (χ1v) is 11.1. The van der Waals surface area contributed by atoms with Gasteiger partial charge in [-0.2, -0.15) is 13.2 Å². The number of benzene rings is 3. The quantitative estimate of drug-likeness (QED) is 0.274. The van der Waals surface area contributed by atoms with Crippen molar-refractivity contribution in [2.24, 2.45) is 5.73 Å². The average Bonchev–Trinajstić information content (AvgIpc) is 3.21. The fourth-order valence-electron chi connectivity index (χ4n) is 3.05. The van der Waals surface area contributed by atoms with Crippen LogP contribution in [0.1, 0.15) is 17.5 Å². The monoisotopic (exact) mass is 473 g/mol. The zero-order chi connectivity index (χ0) is 23.3. The van der Waals surface area contributed by atoms with Crippen LogP contribution >= 0.6 is 11.3 Å². The number of fused-ring (bicyclic) bond motifs is 1. The molecule has 0 radical (unpaired) electrons. The molecule has 4 aromatic rings. The normalized spacial score (nSPS) is 11.5. The van der Waals surface area contributed by atoms with Crippen molar-refractivity contribution in [1.82, 2.24) is 4.98 Å². The average molecular weight is 474 g/mol. The Kier molecular flexibility index (Phi) is 7.00. The summed E-state index contributed by atoms with van der Waals surface area (Å²) < 4.78 is 50.3. The van der Waals surface area contributed by atoms with Crippen LogP contribution in [0.2, 0.25) is 0 Å². The molecule has 0 aliphatic carbocycles. The summed E-state index contributed by atoms with van der Waals surface area (Å²) in [7, 11) is 0. The van der Waals surface area contributed by atoms with Crippen molar-refractivity contribution >= 4 is 26.7 Å². The molecule has 172 valence electrons. The molecule has 0 saturated heterocycles. The Morgan fingerprint density at radius 2 is 1.61 bits per heavy atom. The van der Waals surface area contributed by atoms with Crippen LogP contribution < -0.4 is 20.5 Å². The SMILES string of the molecule is NCCCOc1ccc(CNc2nc3ccc(Oc4ccc(C(F)(F)F)cc4)cc3s2)cc1. The second-order valence-corrected chi connectivity index (χ2v) is 8.29. The maximum Gasteiger partial charge on any atom is 0.416 e. The van der Waals surface area contributed by atoms with Gasteiger partial charge in [0.25, 0.3) is 0 Å². The highest BCUT2D eigenvalue weighted by Gasteiger charge is 2.30. The van der Waals surface area contributed by atoms with Crippen LogP contribution in [0.5, 0.6) is 17.2 Å². The molecule has 0 aliphatic rings. The summed E-state index contributed by atoms with van der Waals surface area (Å²) in [6, 6.07) is 17.8. The third kappa shape index (κ3) is 6.15. The standard InChI is InChI=1S/C24H22F3N3O2S/c25-24(26,27)17-4-8-19(9-5-17)32-20-10-11-21-22(14-20)33-23(30-21)29-15-16-2-6-18(7-3-16)31-13-1-12-28/h2-11,14H,1,12-13,15,28H2,(H,29,30). The predicted molar refractivity (Wildman–Crippen MR) is 124 cm³/mol. The van der Waals surface area contributed by atoms with Crippen molar-refractivity contribution in [3.63, 3.8) is 0 Å². The molecule has 0 saturated carbocycles. The van der Waals surface area contributed by atoms with Gasteiger partial charge >= 0.3 is 6.18 Å². The van der Waals surface area contributed by atoms with E-state index in [1.54, 1.807) is 6.07 Å². The van der Waals surface area contributed by atoms with E-state index in [1.165, 1.54) is 23.5 Å². The number of nitrogens with two attached hydrogens (primary N) is 1. The maximum atomic E-state index is 12.7. The Morgan fingerprint density at radius 1 is 0.909 bits per heavy atom. The molecule has 0 atom stereocenters. The molecule has 0 fully saturated rings. The number of thiazole rings is 1. The molecular weight excluding hydrogens is 451 g/mol. The molecule has 3 N–H and O–H groups in total. The van der Waals surface area contributed by atoms with E-state index in [1.807, 2.05) is 36.4 Å². The number of nitrogens with one attached hydrogen (secondary N) is 1. The first-order chi connectivity index (χ1) is 15.9. The summed E-state index contributed by atoms with van der Waals surface area (Å²) in [4.78, 5) is 4.57. The van der Waals surface area contributed by atoms with Gasteiger partial charge in [0, 0.05) is 12.6 Å². The van der Waals surface area contributed by atoms with Gasteiger partial charge in [-0.3, -0.25) is 0 Å². The summed E-state index contributed by atoms with van der Waals surface area (Å²) >= 11 is 1.48. The molecule has 33 heavy (non-hydrogen) atoms.